The summed E-state index contributed by atoms with van der Waals surface area (Å²) in [5, 5.41) is 8.70. The van der Waals surface area contributed by atoms with Gasteiger partial charge in [-0.05, 0) is 18.6 Å². The number of rotatable bonds is 4. The fraction of sp³-hybridized carbons (Fsp3) is 0.400. The van der Waals surface area contributed by atoms with Crippen LogP contribution >= 0.6 is 0 Å². The van der Waals surface area contributed by atoms with Gasteiger partial charge in [0.1, 0.15) is 11.8 Å². The lowest BCUT2D eigenvalue weighted by Crippen LogP contribution is -2.36. The Morgan fingerprint density at radius 3 is 3.05 bits per heavy atom. The molecular weight excluding hydrogens is 238 g/mol. The Morgan fingerprint density at radius 1 is 1.58 bits per heavy atom. The van der Waals surface area contributed by atoms with Crippen molar-refractivity contribution in [1.82, 2.24) is 9.88 Å². The van der Waals surface area contributed by atoms with Crippen molar-refractivity contribution in [3.8, 4) is 6.07 Å². The Bertz CT molecular complexity index is 513. The van der Waals surface area contributed by atoms with E-state index >= 15 is 0 Å². The smallest absolute Gasteiger partial charge is 0.256 e. The second-order valence-electron chi connectivity index (χ2n) is 4.64. The maximum Gasteiger partial charge on any atom is 0.256 e. The second-order valence-corrected chi connectivity index (χ2v) is 4.64. The van der Waals surface area contributed by atoms with Gasteiger partial charge in [-0.2, -0.15) is 5.26 Å². The fourth-order valence-corrected chi connectivity index (χ4v) is 2.22. The van der Waals surface area contributed by atoms with E-state index in [4.69, 9.17) is 5.26 Å². The molecule has 2 heterocycles. The van der Waals surface area contributed by atoms with Crippen molar-refractivity contribution in [3.63, 3.8) is 0 Å². The zero-order valence-corrected chi connectivity index (χ0v) is 11.0. The van der Waals surface area contributed by atoms with E-state index in [-0.39, 0.29) is 11.9 Å². The topological polar surface area (TPSA) is 57.0 Å². The second kappa shape index (κ2) is 6.14. The first-order valence-electron chi connectivity index (χ1n) is 6.60. The molecule has 2 rings (SSSR count). The predicted molar refractivity (Wildman–Crippen MR) is 72.4 cm³/mol. The van der Waals surface area contributed by atoms with E-state index in [0.29, 0.717) is 17.8 Å². The first kappa shape index (κ1) is 13.3. The summed E-state index contributed by atoms with van der Waals surface area (Å²) in [5.41, 5.74) is 0.878. The third kappa shape index (κ3) is 3.00. The van der Waals surface area contributed by atoms with Crippen molar-refractivity contribution in [2.45, 2.75) is 32.2 Å². The average Bonchev–Trinajstić information content (AvgIpc) is 2.92. The lowest BCUT2D eigenvalue weighted by molar-refractivity contribution is 0.0743. The third-order valence-corrected chi connectivity index (χ3v) is 3.30. The van der Waals surface area contributed by atoms with Gasteiger partial charge in [0, 0.05) is 12.7 Å². The van der Waals surface area contributed by atoms with Crippen LogP contribution in [0.5, 0.6) is 0 Å². The van der Waals surface area contributed by atoms with Crippen LogP contribution in [-0.2, 0) is 0 Å². The van der Waals surface area contributed by atoms with Crippen LogP contribution in [0.3, 0.4) is 0 Å². The van der Waals surface area contributed by atoms with Gasteiger partial charge in [-0.25, -0.2) is 4.98 Å². The van der Waals surface area contributed by atoms with Crippen LogP contribution in [0.2, 0.25) is 0 Å². The molecule has 1 aromatic heterocycles. The quantitative estimate of drug-likeness (QED) is 0.777. The van der Waals surface area contributed by atoms with Gasteiger partial charge in [-0.3, -0.25) is 4.79 Å². The number of unbranched alkanes of at least 4 members (excludes halogenated alkanes) is 1. The number of carbonyl (C=O) groups excluding carboxylic acids is 1. The normalized spacial score (nSPS) is 17.5. The molecule has 1 unspecified atom stereocenters. The average molecular weight is 255 g/mol. The van der Waals surface area contributed by atoms with E-state index < -0.39 is 0 Å². The van der Waals surface area contributed by atoms with Crippen LogP contribution in [0.1, 0.15) is 42.2 Å². The van der Waals surface area contributed by atoms with E-state index in [2.05, 4.69) is 18.0 Å². The van der Waals surface area contributed by atoms with Crippen molar-refractivity contribution in [3.05, 3.63) is 41.7 Å². The number of nitriles is 1. The molecule has 0 aromatic carbocycles. The maximum absolute atomic E-state index is 12.4. The number of pyridine rings is 1. The molecular formula is C15H17N3O. The molecule has 0 spiro atoms. The van der Waals surface area contributed by atoms with Gasteiger partial charge in [0.15, 0.2) is 0 Å². The molecule has 1 amide bonds. The molecule has 98 valence electrons. The summed E-state index contributed by atoms with van der Waals surface area (Å²) < 4.78 is 0. The zero-order chi connectivity index (χ0) is 13.7. The van der Waals surface area contributed by atoms with Crippen LogP contribution in [0.4, 0.5) is 0 Å². The highest BCUT2D eigenvalue weighted by molar-refractivity contribution is 5.94. The van der Waals surface area contributed by atoms with Gasteiger partial charge < -0.3 is 4.90 Å². The molecule has 4 nitrogen and oxygen atoms in total. The summed E-state index contributed by atoms with van der Waals surface area (Å²) in [5.74, 6) is -0.0110. The minimum atomic E-state index is -0.0110. The van der Waals surface area contributed by atoms with E-state index in [1.807, 2.05) is 17.0 Å². The van der Waals surface area contributed by atoms with Gasteiger partial charge in [-0.1, -0.05) is 31.9 Å². The highest BCUT2D eigenvalue weighted by atomic mass is 16.2. The largest absolute Gasteiger partial charge is 0.328 e. The summed E-state index contributed by atoms with van der Waals surface area (Å²) in [6, 6.07) is 5.40. The molecule has 0 bridgehead atoms. The Balaban J connectivity index is 2.08. The Kier molecular flexibility index (Phi) is 4.30. The van der Waals surface area contributed by atoms with Gasteiger partial charge in [0.25, 0.3) is 5.91 Å². The summed E-state index contributed by atoms with van der Waals surface area (Å²) in [4.78, 5) is 18.2. The molecule has 0 radical (unpaired) electrons. The highest BCUT2D eigenvalue weighted by Crippen LogP contribution is 2.18. The number of aromatic nitrogens is 1. The molecule has 0 saturated carbocycles. The summed E-state index contributed by atoms with van der Waals surface area (Å²) >= 11 is 0. The predicted octanol–water partition coefficient (Wildman–Crippen LogP) is 2.52. The van der Waals surface area contributed by atoms with E-state index in [9.17, 15) is 4.79 Å². The summed E-state index contributed by atoms with van der Waals surface area (Å²) in [6.07, 6.45) is 8.87. The molecule has 0 N–H and O–H groups in total. The molecule has 4 heteroatoms. The van der Waals surface area contributed by atoms with Crippen molar-refractivity contribution in [2.75, 3.05) is 6.54 Å². The van der Waals surface area contributed by atoms with Crippen molar-refractivity contribution < 1.29 is 4.79 Å². The first-order valence-corrected chi connectivity index (χ1v) is 6.60. The lowest BCUT2D eigenvalue weighted by atomic mass is 10.1. The fourth-order valence-electron chi connectivity index (χ4n) is 2.22. The maximum atomic E-state index is 12.4. The van der Waals surface area contributed by atoms with Crippen LogP contribution in [0, 0.1) is 11.3 Å². The third-order valence-electron chi connectivity index (χ3n) is 3.30. The van der Waals surface area contributed by atoms with Crippen molar-refractivity contribution in [1.29, 1.82) is 5.26 Å². The molecule has 19 heavy (non-hydrogen) atoms. The minimum Gasteiger partial charge on any atom is -0.328 e. The number of amides is 1. The molecule has 0 fully saturated rings. The molecule has 1 aliphatic heterocycles. The van der Waals surface area contributed by atoms with Gasteiger partial charge >= 0.3 is 0 Å². The highest BCUT2D eigenvalue weighted by Gasteiger charge is 2.25. The Morgan fingerprint density at radius 2 is 2.42 bits per heavy atom. The molecule has 1 atom stereocenters. The van der Waals surface area contributed by atoms with Crippen LogP contribution in [0.15, 0.2) is 30.5 Å². The molecule has 1 aromatic rings. The lowest BCUT2D eigenvalue weighted by Gasteiger charge is -2.24. The number of hydrogen-bond donors (Lipinski definition) is 0. The van der Waals surface area contributed by atoms with Crippen LogP contribution in [-0.4, -0.2) is 28.4 Å². The number of carbonyl (C=O) groups is 1. The molecule has 0 saturated heterocycles. The summed E-state index contributed by atoms with van der Waals surface area (Å²) in [6.45, 7) is 2.81. The molecule has 1 aliphatic rings. The van der Waals surface area contributed by atoms with E-state index in [0.717, 1.165) is 19.3 Å². The van der Waals surface area contributed by atoms with Crippen molar-refractivity contribution in [2.24, 2.45) is 0 Å². The first-order chi connectivity index (χ1) is 9.26. The Hall–Kier alpha value is -2.15. The summed E-state index contributed by atoms with van der Waals surface area (Å²) in [7, 11) is 0. The van der Waals surface area contributed by atoms with Crippen molar-refractivity contribution >= 4 is 5.91 Å². The Labute approximate surface area is 113 Å². The van der Waals surface area contributed by atoms with Crippen LogP contribution in [0.25, 0.3) is 0 Å². The number of nitrogens with zero attached hydrogens (tertiary/aromatic N) is 3. The minimum absolute atomic E-state index is 0.0110. The monoisotopic (exact) mass is 255 g/mol. The van der Waals surface area contributed by atoms with Gasteiger partial charge in [0.05, 0.1) is 11.6 Å². The number of hydrogen-bond acceptors (Lipinski definition) is 3. The molecule has 0 aliphatic carbocycles. The van der Waals surface area contributed by atoms with E-state index in [1.54, 1.807) is 12.1 Å². The standard InChI is InChI=1S/C15H17N3O/c1-2-3-5-14-6-4-9-18(14)15(19)12-7-8-13(10-16)17-11-12/h4,6-8,11,14H,2-3,5,9H2,1H3. The van der Waals surface area contributed by atoms with Gasteiger partial charge in [-0.15, -0.1) is 0 Å². The zero-order valence-electron chi connectivity index (χ0n) is 11.0. The SMILES string of the molecule is CCCCC1C=CCN1C(=O)c1ccc(C#N)nc1. The van der Waals surface area contributed by atoms with Crippen LogP contribution < -0.4 is 0 Å². The van der Waals surface area contributed by atoms with E-state index in [1.165, 1.54) is 6.20 Å². The van der Waals surface area contributed by atoms with Gasteiger partial charge in [0.2, 0.25) is 0 Å².